The van der Waals surface area contributed by atoms with Gasteiger partial charge in [0.2, 0.25) is 5.91 Å². The van der Waals surface area contributed by atoms with Gasteiger partial charge in [0.25, 0.3) is 0 Å². The van der Waals surface area contributed by atoms with Gasteiger partial charge >= 0.3 is 0 Å². The van der Waals surface area contributed by atoms with Crippen molar-refractivity contribution in [3.8, 4) is 5.75 Å². The van der Waals surface area contributed by atoms with Gasteiger partial charge in [-0.2, -0.15) is 0 Å². The molecule has 0 fully saturated rings. The smallest absolute Gasteiger partial charge is 0.246 e. The number of carbonyl (C=O) groups is 1. The summed E-state index contributed by atoms with van der Waals surface area (Å²) in [6.45, 7) is 1.77. The fourth-order valence-corrected chi connectivity index (χ4v) is 2.24. The highest BCUT2D eigenvalue weighted by atomic mass is 35.5. The standard InChI is InChI=1S/C16H16Cl2N2O2/c1-10(16(21)20-12-5-3-11(17)4-6-12)19-13-7-8-15(22-2)14(18)9-13/h3-10,19H,1-2H3,(H,20,21). The molecule has 4 nitrogen and oxygen atoms in total. The third-order valence-electron chi connectivity index (χ3n) is 3.04. The summed E-state index contributed by atoms with van der Waals surface area (Å²) >= 11 is 11.9. The van der Waals surface area contributed by atoms with Crippen molar-refractivity contribution in [1.29, 1.82) is 0 Å². The fraction of sp³-hybridized carbons (Fsp3) is 0.188. The van der Waals surface area contributed by atoms with E-state index in [-0.39, 0.29) is 5.91 Å². The van der Waals surface area contributed by atoms with Crippen molar-refractivity contribution in [2.75, 3.05) is 17.7 Å². The molecule has 0 bridgehead atoms. The molecule has 2 aromatic rings. The van der Waals surface area contributed by atoms with Crippen molar-refractivity contribution >= 4 is 40.5 Å². The van der Waals surface area contributed by atoms with Crippen LogP contribution in [0.4, 0.5) is 11.4 Å². The van der Waals surface area contributed by atoms with Crippen molar-refractivity contribution in [3.63, 3.8) is 0 Å². The van der Waals surface area contributed by atoms with Crippen molar-refractivity contribution in [1.82, 2.24) is 0 Å². The Kier molecular flexibility index (Phi) is 5.52. The lowest BCUT2D eigenvalue weighted by molar-refractivity contribution is -0.116. The molecular formula is C16H16Cl2N2O2. The molecule has 1 amide bonds. The number of rotatable bonds is 5. The van der Waals surface area contributed by atoms with Gasteiger partial charge in [-0.05, 0) is 49.4 Å². The summed E-state index contributed by atoms with van der Waals surface area (Å²) in [5, 5.41) is 7.00. The highest BCUT2D eigenvalue weighted by Gasteiger charge is 2.13. The van der Waals surface area contributed by atoms with Crippen LogP contribution in [0, 0.1) is 0 Å². The summed E-state index contributed by atoms with van der Waals surface area (Å²) in [5.74, 6) is 0.430. The van der Waals surface area contributed by atoms with Crippen LogP contribution in [0.5, 0.6) is 5.75 Å². The summed E-state index contributed by atoms with van der Waals surface area (Å²) in [4.78, 5) is 12.1. The molecule has 0 aromatic heterocycles. The van der Waals surface area contributed by atoms with Crippen LogP contribution in [0.3, 0.4) is 0 Å². The van der Waals surface area contributed by atoms with E-state index < -0.39 is 6.04 Å². The molecule has 2 N–H and O–H groups in total. The van der Waals surface area contributed by atoms with Crippen molar-refractivity contribution < 1.29 is 9.53 Å². The van der Waals surface area contributed by atoms with Crippen LogP contribution in [0.2, 0.25) is 10.0 Å². The van der Waals surface area contributed by atoms with Gasteiger partial charge < -0.3 is 15.4 Å². The quantitative estimate of drug-likeness (QED) is 0.847. The van der Waals surface area contributed by atoms with Crippen molar-refractivity contribution in [2.45, 2.75) is 13.0 Å². The molecule has 0 spiro atoms. The highest BCUT2D eigenvalue weighted by molar-refractivity contribution is 6.32. The van der Waals surface area contributed by atoms with E-state index in [9.17, 15) is 4.79 Å². The van der Waals surface area contributed by atoms with Crippen LogP contribution in [0.15, 0.2) is 42.5 Å². The molecule has 0 aliphatic carbocycles. The summed E-state index contributed by atoms with van der Waals surface area (Å²) < 4.78 is 5.09. The zero-order valence-corrected chi connectivity index (χ0v) is 13.7. The topological polar surface area (TPSA) is 50.4 Å². The summed E-state index contributed by atoms with van der Waals surface area (Å²) in [5.41, 5.74) is 1.43. The minimum absolute atomic E-state index is 0.158. The van der Waals surface area contributed by atoms with E-state index in [4.69, 9.17) is 27.9 Å². The number of methoxy groups -OCH3 is 1. The maximum Gasteiger partial charge on any atom is 0.246 e. The molecule has 2 aromatic carbocycles. The molecule has 116 valence electrons. The number of halogens is 2. The number of ether oxygens (including phenoxy) is 1. The fourth-order valence-electron chi connectivity index (χ4n) is 1.86. The average molecular weight is 339 g/mol. The summed E-state index contributed by atoms with van der Waals surface area (Å²) in [6, 6.07) is 11.8. The molecule has 0 aliphatic rings. The minimum Gasteiger partial charge on any atom is -0.495 e. The zero-order chi connectivity index (χ0) is 16.1. The molecule has 6 heteroatoms. The van der Waals surface area contributed by atoms with E-state index in [1.807, 2.05) is 0 Å². The molecule has 0 heterocycles. The molecule has 1 unspecified atom stereocenters. The van der Waals surface area contributed by atoms with Gasteiger partial charge in [-0.15, -0.1) is 0 Å². The average Bonchev–Trinajstić information content (AvgIpc) is 2.49. The van der Waals surface area contributed by atoms with Crippen LogP contribution < -0.4 is 15.4 Å². The Balaban J connectivity index is 1.99. The SMILES string of the molecule is COc1ccc(NC(C)C(=O)Nc2ccc(Cl)cc2)cc1Cl. The third-order valence-corrected chi connectivity index (χ3v) is 3.59. The van der Waals surface area contributed by atoms with Gasteiger partial charge in [0, 0.05) is 16.4 Å². The number of anilines is 2. The predicted octanol–water partition coefficient (Wildman–Crippen LogP) is 4.44. The van der Waals surface area contributed by atoms with E-state index in [0.717, 1.165) is 5.69 Å². The second-order valence-electron chi connectivity index (χ2n) is 4.71. The maximum absolute atomic E-state index is 12.1. The second-order valence-corrected chi connectivity index (χ2v) is 5.56. The normalized spacial score (nSPS) is 11.6. The molecule has 22 heavy (non-hydrogen) atoms. The Morgan fingerprint density at radius 2 is 1.73 bits per heavy atom. The Hall–Kier alpha value is -1.91. The molecule has 2 rings (SSSR count). The van der Waals surface area contributed by atoms with Crippen LogP contribution in [-0.2, 0) is 4.79 Å². The first-order valence-electron chi connectivity index (χ1n) is 6.66. The van der Waals surface area contributed by atoms with Crippen molar-refractivity contribution in [3.05, 3.63) is 52.5 Å². The molecule has 0 aliphatic heterocycles. The lowest BCUT2D eigenvalue weighted by atomic mass is 10.2. The van der Waals surface area contributed by atoms with Gasteiger partial charge in [-0.3, -0.25) is 4.79 Å². The van der Waals surface area contributed by atoms with Gasteiger partial charge in [0.1, 0.15) is 11.8 Å². The third kappa shape index (κ3) is 4.29. The zero-order valence-electron chi connectivity index (χ0n) is 12.2. The number of amides is 1. The van der Waals surface area contributed by atoms with E-state index in [0.29, 0.717) is 21.5 Å². The molecule has 1 atom stereocenters. The van der Waals surface area contributed by atoms with E-state index in [1.165, 1.54) is 0 Å². The number of benzene rings is 2. The molecular weight excluding hydrogens is 323 g/mol. The van der Waals surface area contributed by atoms with Crippen LogP contribution >= 0.6 is 23.2 Å². The summed E-state index contributed by atoms with van der Waals surface area (Å²) in [6.07, 6.45) is 0. The number of carbonyl (C=O) groups excluding carboxylic acids is 1. The monoisotopic (exact) mass is 338 g/mol. The van der Waals surface area contributed by atoms with Gasteiger partial charge in [-0.25, -0.2) is 0 Å². The van der Waals surface area contributed by atoms with Crippen LogP contribution in [-0.4, -0.2) is 19.1 Å². The lowest BCUT2D eigenvalue weighted by Gasteiger charge is -2.16. The molecule has 0 saturated heterocycles. The first-order valence-corrected chi connectivity index (χ1v) is 7.41. The first-order chi connectivity index (χ1) is 10.5. The number of hydrogen-bond donors (Lipinski definition) is 2. The Morgan fingerprint density at radius 3 is 2.32 bits per heavy atom. The van der Waals surface area contributed by atoms with Gasteiger partial charge in [-0.1, -0.05) is 23.2 Å². The van der Waals surface area contributed by atoms with Crippen LogP contribution in [0.25, 0.3) is 0 Å². The minimum atomic E-state index is -0.430. The van der Waals surface area contributed by atoms with Gasteiger partial charge in [0.05, 0.1) is 12.1 Å². The van der Waals surface area contributed by atoms with Crippen LogP contribution in [0.1, 0.15) is 6.92 Å². The predicted molar refractivity (Wildman–Crippen MR) is 91.2 cm³/mol. The van der Waals surface area contributed by atoms with E-state index in [2.05, 4.69) is 10.6 Å². The highest BCUT2D eigenvalue weighted by Crippen LogP contribution is 2.27. The number of nitrogens with one attached hydrogen (secondary N) is 2. The van der Waals surface area contributed by atoms with Gasteiger partial charge in [0.15, 0.2) is 0 Å². The maximum atomic E-state index is 12.1. The van der Waals surface area contributed by atoms with Crippen molar-refractivity contribution in [2.24, 2.45) is 0 Å². The first kappa shape index (κ1) is 16.5. The Morgan fingerprint density at radius 1 is 1.09 bits per heavy atom. The Labute approximate surface area is 139 Å². The Bertz CT molecular complexity index is 660. The summed E-state index contributed by atoms with van der Waals surface area (Å²) in [7, 11) is 1.55. The molecule has 0 radical (unpaired) electrons. The van der Waals surface area contributed by atoms with E-state index in [1.54, 1.807) is 56.5 Å². The second kappa shape index (κ2) is 7.38. The largest absolute Gasteiger partial charge is 0.495 e. The van der Waals surface area contributed by atoms with E-state index >= 15 is 0 Å². The number of hydrogen-bond acceptors (Lipinski definition) is 3. The lowest BCUT2D eigenvalue weighted by Crippen LogP contribution is -2.31. The molecule has 0 saturated carbocycles.